The fraction of sp³-hybridized carbons (Fsp3) is 0.0351. The highest BCUT2D eigenvalue weighted by atomic mass is 16.3. The van der Waals surface area contributed by atoms with Gasteiger partial charge in [-0.1, -0.05) is 164 Å². The second-order valence-corrected chi connectivity index (χ2v) is 15.8. The molecule has 0 aliphatic rings. The van der Waals surface area contributed by atoms with E-state index in [0.29, 0.717) is 12.4 Å². The van der Waals surface area contributed by atoms with Crippen LogP contribution in [0.4, 0.5) is 0 Å². The maximum absolute atomic E-state index is 6.70. The van der Waals surface area contributed by atoms with Crippen molar-refractivity contribution in [1.29, 1.82) is 0 Å². The Balaban J connectivity index is 0.000000167. The summed E-state index contributed by atoms with van der Waals surface area (Å²) in [5, 5.41) is 7.28. The quantitative estimate of drug-likeness (QED) is 0.135. The number of aryl methyl sites for hydroxylation is 1. The molecule has 5 heteroatoms. The van der Waals surface area contributed by atoms with Crippen LogP contribution < -0.4 is 5.73 Å². The third-order valence-electron chi connectivity index (χ3n) is 12.0. The van der Waals surface area contributed by atoms with Crippen molar-refractivity contribution in [3.8, 4) is 22.5 Å². The van der Waals surface area contributed by atoms with Gasteiger partial charge in [-0.15, -0.1) is 0 Å². The van der Waals surface area contributed by atoms with E-state index < -0.39 is 0 Å². The number of furan rings is 1. The molecule has 5 nitrogen and oxygen atoms in total. The molecule has 2 N–H and O–H groups in total. The van der Waals surface area contributed by atoms with E-state index in [-0.39, 0.29) is 0 Å². The molecule has 12 aromatic rings. The number of fused-ring (bicyclic) bond motifs is 9. The lowest BCUT2D eigenvalue weighted by molar-refractivity contribution is 0.666. The number of nitrogens with zero attached hydrogens (tertiary/aromatic N) is 3. The summed E-state index contributed by atoms with van der Waals surface area (Å²) in [5.41, 5.74) is 20.5. The van der Waals surface area contributed by atoms with Crippen LogP contribution in [0.2, 0.25) is 0 Å². The molecule has 0 bridgehead atoms. The van der Waals surface area contributed by atoms with Gasteiger partial charge in [0.15, 0.2) is 5.58 Å². The van der Waals surface area contributed by atoms with Gasteiger partial charge in [-0.05, 0) is 77.7 Å². The number of amidine groups is 1. The lowest BCUT2D eigenvalue weighted by Crippen LogP contribution is -2.13. The minimum absolute atomic E-state index is 0.571. The van der Waals surface area contributed by atoms with Gasteiger partial charge in [0.2, 0.25) is 0 Å². The Labute approximate surface area is 359 Å². The van der Waals surface area contributed by atoms with Crippen LogP contribution >= 0.6 is 0 Å². The molecule has 0 aliphatic heterocycles. The highest BCUT2D eigenvalue weighted by Gasteiger charge is 2.21. The molecule has 0 saturated heterocycles. The van der Waals surface area contributed by atoms with Crippen LogP contribution in [0.3, 0.4) is 0 Å². The molecule has 0 aliphatic carbocycles. The fourth-order valence-electron chi connectivity index (χ4n) is 9.09. The monoisotopic (exact) mass is 798 g/mol. The maximum atomic E-state index is 6.70. The Hall–Kier alpha value is -8.15. The molecule has 9 aromatic carbocycles. The van der Waals surface area contributed by atoms with Crippen molar-refractivity contribution in [3.05, 3.63) is 229 Å². The number of aliphatic imine (C=N–C) groups is 1. The van der Waals surface area contributed by atoms with E-state index in [1.54, 1.807) is 0 Å². The molecule has 0 atom stereocenters. The summed E-state index contributed by atoms with van der Waals surface area (Å²) < 4.78 is 11.5. The Bertz CT molecular complexity index is 3520. The summed E-state index contributed by atoms with van der Waals surface area (Å²) in [4.78, 5) is 4.49. The third-order valence-corrected chi connectivity index (χ3v) is 12.0. The lowest BCUT2D eigenvalue weighted by atomic mass is 10.0. The van der Waals surface area contributed by atoms with Gasteiger partial charge >= 0.3 is 0 Å². The van der Waals surface area contributed by atoms with Crippen LogP contribution in [0.1, 0.15) is 16.7 Å². The first-order valence-corrected chi connectivity index (χ1v) is 21.0. The summed E-state index contributed by atoms with van der Waals surface area (Å²) >= 11 is 0. The Morgan fingerprint density at radius 2 is 1.00 bits per heavy atom. The molecule has 0 spiro atoms. The predicted octanol–water partition coefficient (Wildman–Crippen LogP) is 14.3. The van der Waals surface area contributed by atoms with E-state index in [0.717, 1.165) is 44.6 Å². The van der Waals surface area contributed by atoms with Gasteiger partial charge in [-0.3, -0.25) is 4.99 Å². The van der Waals surface area contributed by atoms with Gasteiger partial charge in [-0.25, -0.2) is 0 Å². The average Bonchev–Trinajstić information content (AvgIpc) is 4.00. The molecule has 0 fully saturated rings. The van der Waals surface area contributed by atoms with Gasteiger partial charge in [0.05, 0.1) is 34.3 Å². The highest BCUT2D eigenvalue weighted by Crippen LogP contribution is 2.42. The second-order valence-electron chi connectivity index (χ2n) is 15.8. The number of benzene rings is 9. The third kappa shape index (κ3) is 6.39. The number of hydrogen-bond acceptors (Lipinski definition) is 2. The number of hydrogen-bond donors (Lipinski definition) is 1. The Morgan fingerprint density at radius 1 is 0.484 bits per heavy atom. The maximum Gasteiger partial charge on any atom is 0.159 e. The van der Waals surface area contributed by atoms with Crippen molar-refractivity contribution >= 4 is 71.4 Å². The minimum atomic E-state index is 0.571. The molecule has 3 heterocycles. The van der Waals surface area contributed by atoms with Crippen LogP contribution in [-0.2, 0) is 6.54 Å². The Morgan fingerprint density at radius 3 is 1.61 bits per heavy atom. The second kappa shape index (κ2) is 15.5. The SMILES string of the molecule is Cc1cccc2oc3c(-n4c5ccccc5c5ccccc54)cc(-n4c5ccccc5c5ccccc54)cc3c12.NC(=NCc1ccccc1)c1cccc(-c2ccccc2)c1. The first kappa shape index (κ1) is 36.9. The minimum Gasteiger partial charge on any atom is -0.454 e. The Kier molecular flexibility index (Phi) is 9.20. The van der Waals surface area contributed by atoms with Gasteiger partial charge < -0.3 is 19.3 Å². The van der Waals surface area contributed by atoms with E-state index in [1.807, 2.05) is 48.5 Å². The van der Waals surface area contributed by atoms with E-state index in [4.69, 9.17) is 10.2 Å². The van der Waals surface area contributed by atoms with Gasteiger partial charge in [0, 0.05) is 43.6 Å². The molecule has 0 radical (unpaired) electrons. The van der Waals surface area contributed by atoms with Gasteiger partial charge in [0.1, 0.15) is 11.4 Å². The zero-order chi connectivity index (χ0) is 41.6. The molecule has 12 rings (SSSR count). The number of rotatable bonds is 6. The number of nitrogens with two attached hydrogens (primary N) is 1. The lowest BCUT2D eigenvalue weighted by Gasteiger charge is -2.14. The van der Waals surface area contributed by atoms with Crippen LogP contribution in [-0.4, -0.2) is 15.0 Å². The highest BCUT2D eigenvalue weighted by molar-refractivity contribution is 6.15. The zero-order valence-corrected chi connectivity index (χ0v) is 34.2. The van der Waals surface area contributed by atoms with E-state index in [2.05, 4.69) is 185 Å². The molecule has 3 aromatic heterocycles. The van der Waals surface area contributed by atoms with Crippen molar-refractivity contribution in [2.45, 2.75) is 13.5 Å². The van der Waals surface area contributed by atoms with Crippen LogP contribution in [0, 0.1) is 6.92 Å². The van der Waals surface area contributed by atoms with Gasteiger partial charge in [-0.2, -0.15) is 0 Å². The van der Waals surface area contributed by atoms with Crippen molar-refractivity contribution in [1.82, 2.24) is 9.13 Å². The summed E-state index contributed by atoms with van der Waals surface area (Å²) in [6, 6.07) is 74.2. The topological polar surface area (TPSA) is 61.4 Å². The van der Waals surface area contributed by atoms with Crippen LogP contribution in [0.15, 0.2) is 222 Å². The predicted molar refractivity (Wildman–Crippen MR) is 260 cm³/mol. The smallest absolute Gasteiger partial charge is 0.159 e. The van der Waals surface area contributed by atoms with E-state index in [9.17, 15) is 0 Å². The number of aromatic nitrogens is 2. The first-order valence-electron chi connectivity index (χ1n) is 21.0. The molecular weight excluding hydrogens is 757 g/mol. The van der Waals surface area contributed by atoms with Crippen molar-refractivity contribution < 1.29 is 4.42 Å². The number of para-hydroxylation sites is 4. The molecule has 62 heavy (non-hydrogen) atoms. The first-order chi connectivity index (χ1) is 30.6. The molecular formula is C57H42N4O. The van der Waals surface area contributed by atoms with Crippen LogP contribution in [0.5, 0.6) is 0 Å². The van der Waals surface area contributed by atoms with Crippen molar-refractivity contribution in [2.75, 3.05) is 0 Å². The van der Waals surface area contributed by atoms with Crippen molar-refractivity contribution in [2.24, 2.45) is 10.7 Å². The zero-order valence-electron chi connectivity index (χ0n) is 34.2. The normalized spacial score (nSPS) is 11.9. The molecule has 296 valence electrons. The summed E-state index contributed by atoms with van der Waals surface area (Å²) in [6.07, 6.45) is 0. The fourth-order valence-corrected chi connectivity index (χ4v) is 9.09. The molecule has 0 unspecified atom stereocenters. The van der Waals surface area contributed by atoms with E-state index in [1.165, 1.54) is 60.1 Å². The standard InChI is InChI=1S/C37H24N2O.C20H18N2/c1-23-11-10-20-35-36(23)29-21-24(38-30-16-6-2-12-25(30)26-13-3-7-17-31(26)38)22-34(37(29)40-35)39-32-18-8-4-14-27(32)28-15-5-9-19-33(28)39;21-20(22-15-16-8-3-1-4-9-16)19-13-7-12-18(14-19)17-10-5-2-6-11-17/h2-22H,1H3;1-14H,15H2,(H2,21,22). The summed E-state index contributed by atoms with van der Waals surface area (Å²) in [6.45, 7) is 2.77. The van der Waals surface area contributed by atoms with E-state index >= 15 is 0 Å². The van der Waals surface area contributed by atoms with Crippen molar-refractivity contribution in [3.63, 3.8) is 0 Å². The summed E-state index contributed by atoms with van der Waals surface area (Å²) in [7, 11) is 0. The molecule has 0 amide bonds. The van der Waals surface area contributed by atoms with Crippen LogP contribution in [0.25, 0.3) is 88.1 Å². The summed E-state index contributed by atoms with van der Waals surface area (Å²) in [5.74, 6) is 0.571. The largest absolute Gasteiger partial charge is 0.454 e. The average molecular weight is 799 g/mol. The molecule has 0 saturated carbocycles. The van der Waals surface area contributed by atoms with Gasteiger partial charge in [0.25, 0.3) is 0 Å².